The minimum absolute atomic E-state index is 0.0859. The molecule has 0 saturated carbocycles. The lowest BCUT2D eigenvalue weighted by Crippen LogP contribution is -2.37. The van der Waals surface area contributed by atoms with E-state index in [-0.39, 0.29) is 22.2 Å². The van der Waals surface area contributed by atoms with Crippen LogP contribution in [0.5, 0.6) is 0 Å². The normalized spacial score (nSPS) is 17.3. The van der Waals surface area contributed by atoms with Gasteiger partial charge in [-0.05, 0) is 56.4 Å². The predicted molar refractivity (Wildman–Crippen MR) is 110 cm³/mol. The van der Waals surface area contributed by atoms with E-state index in [0.717, 1.165) is 19.3 Å². The standard InChI is InChI=1S/C22H24N2O3S/c25-22(23-15-14-17-8-2-1-3-9-17)16-24-18-10-4-6-12-20(18)28(26,27)21-13-7-5-11-19(21)24/h4-8,10-13H,1-3,9,14-16H2,(H,23,25). The third kappa shape index (κ3) is 3.56. The second kappa shape index (κ2) is 7.80. The van der Waals surface area contributed by atoms with Crippen molar-refractivity contribution in [3.05, 3.63) is 60.2 Å². The number of allylic oxidation sites excluding steroid dienone is 1. The Bertz CT molecular complexity index is 974. The van der Waals surface area contributed by atoms with Crippen LogP contribution in [-0.2, 0) is 14.6 Å². The van der Waals surface area contributed by atoms with Crippen molar-refractivity contribution in [3.8, 4) is 0 Å². The first-order valence-corrected chi connectivity index (χ1v) is 11.2. The van der Waals surface area contributed by atoms with E-state index in [1.54, 1.807) is 53.4 Å². The number of carbonyl (C=O) groups is 1. The summed E-state index contributed by atoms with van der Waals surface area (Å²) in [6, 6.07) is 13.7. The Balaban J connectivity index is 1.53. The van der Waals surface area contributed by atoms with Crippen LogP contribution < -0.4 is 10.2 Å². The van der Waals surface area contributed by atoms with Crippen LogP contribution in [0.4, 0.5) is 11.4 Å². The molecule has 1 heterocycles. The lowest BCUT2D eigenvalue weighted by Gasteiger charge is -2.32. The zero-order valence-corrected chi connectivity index (χ0v) is 16.5. The highest BCUT2D eigenvalue weighted by atomic mass is 32.2. The molecule has 1 N–H and O–H groups in total. The Kier molecular flexibility index (Phi) is 5.22. The zero-order valence-electron chi connectivity index (χ0n) is 15.7. The highest BCUT2D eigenvalue weighted by molar-refractivity contribution is 7.92. The number of hydrogen-bond acceptors (Lipinski definition) is 4. The lowest BCUT2D eigenvalue weighted by molar-refractivity contribution is -0.119. The van der Waals surface area contributed by atoms with Crippen LogP contribution in [0, 0.1) is 0 Å². The number of rotatable bonds is 5. The molecule has 0 atom stereocenters. The Morgan fingerprint density at radius 3 is 2.21 bits per heavy atom. The second-order valence-electron chi connectivity index (χ2n) is 7.23. The van der Waals surface area contributed by atoms with Gasteiger partial charge in [0.05, 0.1) is 21.2 Å². The van der Waals surface area contributed by atoms with E-state index in [4.69, 9.17) is 0 Å². The summed E-state index contributed by atoms with van der Waals surface area (Å²) >= 11 is 0. The molecule has 0 saturated heterocycles. The van der Waals surface area contributed by atoms with E-state index in [0.29, 0.717) is 17.9 Å². The molecular formula is C22H24N2O3S. The van der Waals surface area contributed by atoms with Gasteiger partial charge in [-0.3, -0.25) is 4.79 Å². The van der Waals surface area contributed by atoms with Crippen molar-refractivity contribution in [2.45, 2.75) is 41.9 Å². The molecule has 2 aromatic rings. The van der Waals surface area contributed by atoms with Gasteiger partial charge in [0.2, 0.25) is 15.7 Å². The monoisotopic (exact) mass is 396 g/mol. The summed E-state index contributed by atoms with van der Waals surface area (Å²) in [5, 5.41) is 2.99. The number of sulfone groups is 1. The molecule has 0 radical (unpaired) electrons. The van der Waals surface area contributed by atoms with Crippen molar-refractivity contribution < 1.29 is 13.2 Å². The summed E-state index contributed by atoms with van der Waals surface area (Å²) in [7, 11) is -3.58. The van der Waals surface area contributed by atoms with E-state index < -0.39 is 9.84 Å². The molecule has 5 nitrogen and oxygen atoms in total. The van der Waals surface area contributed by atoms with Crippen LogP contribution >= 0.6 is 0 Å². The number of anilines is 2. The number of nitrogens with one attached hydrogen (secondary N) is 1. The van der Waals surface area contributed by atoms with Crippen molar-refractivity contribution in [1.82, 2.24) is 5.32 Å². The van der Waals surface area contributed by atoms with Crippen molar-refractivity contribution >= 4 is 27.1 Å². The number of benzene rings is 2. The van der Waals surface area contributed by atoms with E-state index in [2.05, 4.69) is 11.4 Å². The molecule has 1 aliphatic heterocycles. The summed E-state index contributed by atoms with van der Waals surface area (Å²) in [6.45, 7) is 0.697. The van der Waals surface area contributed by atoms with Crippen LogP contribution in [0.1, 0.15) is 32.1 Å². The van der Waals surface area contributed by atoms with Gasteiger partial charge in [-0.2, -0.15) is 0 Å². The molecule has 1 aliphatic carbocycles. The van der Waals surface area contributed by atoms with Crippen LogP contribution in [0.2, 0.25) is 0 Å². The fourth-order valence-corrected chi connectivity index (χ4v) is 5.59. The van der Waals surface area contributed by atoms with E-state index in [1.165, 1.54) is 18.4 Å². The van der Waals surface area contributed by atoms with Gasteiger partial charge < -0.3 is 10.2 Å². The summed E-state index contributed by atoms with van der Waals surface area (Å²) in [6.07, 6.45) is 7.92. The van der Waals surface area contributed by atoms with Crippen LogP contribution in [0.3, 0.4) is 0 Å². The maximum absolute atomic E-state index is 12.9. The average molecular weight is 397 g/mol. The van der Waals surface area contributed by atoms with Crippen molar-refractivity contribution in [3.63, 3.8) is 0 Å². The largest absolute Gasteiger partial charge is 0.354 e. The molecule has 0 spiro atoms. The molecule has 1 amide bonds. The fourth-order valence-electron chi connectivity index (χ4n) is 3.93. The first-order valence-electron chi connectivity index (χ1n) is 9.72. The molecule has 2 aromatic carbocycles. The fraction of sp³-hybridized carbons (Fsp3) is 0.318. The quantitative estimate of drug-likeness (QED) is 0.777. The molecule has 0 aromatic heterocycles. The Morgan fingerprint density at radius 1 is 0.964 bits per heavy atom. The SMILES string of the molecule is O=C(CN1c2ccccc2S(=O)(=O)c2ccccc21)NCCC1=CCCCC1. The van der Waals surface area contributed by atoms with Gasteiger partial charge >= 0.3 is 0 Å². The number of para-hydroxylation sites is 2. The first-order chi connectivity index (χ1) is 13.6. The van der Waals surface area contributed by atoms with E-state index in [9.17, 15) is 13.2 Å². The molecule has 28 heavy (non-hydrogen) atoms. The molecule has 146 valence electrons. The van der Waals surface area contributed by atoms with Crippen LogP contribution in [0.15, 0.2) is 70.0 Å². The number of hydrogen-bond donors (Lipinski definition) is 1. The molecule has 6 heteroatoms. The molecular weight excluding hydrogens is 372 g/mol. The Hall–Kier alpha value is -2.60. The zero-order chi connectivity index (χ0) is 19.6. The number of nitrogens with zero attached hydrogens (tertiary/aromatic N) is 1. The summed E-state index contributed by atoms with van der Waals surface area (Å²) in [5.41, 5.74) is 2.52. The van der Waals surface area contributed by atoms with Gasteiger partial charge in [0.1, 0.15) is 6.54 Å². The van der Waals surface area contributed by atoms with Gasteiger partial charge in [0.25, 0.3) is 0 Å². The maximum atomic E-state index is 12.9. The summed E-state index contributed by atoms with van der Waals surface area (Å²) in [4.78, 5) is 14.9. The van der Waals surface area contributed by atoms with Gasteiger partial charge in [-0.25, -0.2) is 8.42 Å². The highest BCUT2D eigenvalue weighted by Crippen LogP contribution is 2.43. The third-order valence-electron chi connectivity index (χ3n) is 5.35. The van der Waals surface area contributed by atoms with Crippen molar-refractivity contribution in [2.24, 2.45) is 0 Å². The predicted octanol–water partition coefficient (Wildman–Crippen LogP) is 3.98. The Morgan fingerprint density at radius 2 is 1.61 bits per heavy atom. The molecule has 0 unspecified atom stereocenters. The summed E-state index contributed by atoms with van der Waals surface area (Å²) < 4.78 is 25.9. The van der Waals surface area contributed by atoms with E-state index >= 15 is 0 Å². The van der Waals surface area contributed by atoms with Crippen molar-refractivity contribution in [2.75, 3.05) is 18.0 Å². The molecule has 4 rings (SSSR count). The first kappa shape index (κ1) is 18.7. The topological polar surface area (TPSA) is 66.5 Å². The van der Waals surface area contributed by atoms with Crippen molar-refractivity contribution in [1.29, 1.82) is 0 Å². The highest BCUT2D eigenvalue weighted by Gasteiger charge is 2.34. The number of carbonyl (C=O) groups excluding carboxylic acids is 1. The van der Waals surface area contributed by atoms with Crippen LogP contribution in [-0.4, -0.2) is 27.4 Å². The number of fused-ring (bicyclic) bond motifs is 2. The summed E-state index contributed by atoms with van der Waals surface area (Å²) in [5.74, 6) is -0.111. The van der Waals surface area contributed by atoms with E-state index in [1.807, 2.05) is 0 Å². The lowest BCUT2D eigenvalue weighted by atomic mass is 9.97. The van der Waals surface area contributed by atoms with Gasteiger partial charge in [-0.1, -0.05) is 35.9 Å². The second-order valence-corrected chi connectivity index (χ2v) is 9.12. The molecule has 0 fully saturated rings. The maximum Gasteiger partial charge on any atom is 0.239 e. The number of amides is 1. The van der Waals surface area contributed by atoms with Gasteiger partial charge in [0.15, 0.2) is 0 Å². The van der Waals surface area contributed by atoms with Gasteiger partial charge in [0, 0.05) is 6.54 Å². The minimum atomic E-state index is -3.58. The van der Waals surface area contributed by atoms with Crippen LogP contribution in [0.25, 0.3) is 0 Å². The smallest absolute Gasteiger partial charge is 0.239 e. The minimum Gasteiger partial charge on any atom is -0.354 e. The third-order valence-corrected chi connectivity index (χ3v) is 7.19. The van der Waals surface area contributed by atoms with Gasteiger partial charge in [-0.15, -0.1) is 0 Å². The molecule has 2 aliphatic rings. The Labute approximate surface area is 166 Å². The molecule has 0 bridgehead atoms. The average Bonchev–Trinajstić information content (AvgIpc) is 2.72.